The van der Waals surface area contributed by atoms with Gasteiger partial charge in [0, 0.05) is 0 Å². The third-order valence-corrected chi connectivity index (χ3v) is 3.58. The zero-order valence-electron chi connectivity index (χ0n) is 12.8. The average Bonchev–Trinajstić information content (AvgIpc) is 2.53. The van der Waals surface area contributed by atoms with Crippen molar-refractivity contribution < 1.29 is 0 Å². The van der Waals surface area contributed by atoms with E-state index in [0.29, 0.717) is 0 Å². The molecule has 0 unspecified atom stereocenters. The first kappa shape index (κ1) is 14.3. The Labute approximate surface area is 121 Å². The summed E-state index contributed by atoms with van der Waals surface area (Å²) in [6.07, 6.45) is 4.33. The summed E-state index contributed by atoms with van der Waals surface area (Å²) in [4.78, 5) is 0. The highest BCUT2D eigenvalue weighted by Crippen LogP contribution is 2.32. The Morgan fingerprint density at radius 2 is 1.15 bits per heavy atom. The molecule has 0 aromatic heterocycles. The molecule has 0 aliphatic rings. The molecule has 0 amide bonds. The molecular formula is C20H22. The van der Waals surface area contributed by atoms with Crippen molar-refractivity contribution in [3.63, 3.8) is 0 Å². The van der Waals surface area contributed by atoms with Crippen LogP contribution >= 0.6 is 0 Å². The molecule has 0 radical (unpaired) electrons. The molecule has 0 spiro atoms. The summed E-state index contributed by atoms with van der Waals surface area (Å²) < 4.78 is 0. The van der Waals surface area contributed by atoms with E-state index in [2.05, 4.69) is 74.5 Å². The zero-order valence-corrected chi connectivity index (χ0v) is 12.8. The lowest BCUT2D eigenvalue weighted by molar-refractivity contribution is 1.50. The predicted octanol–water partition coefficient (Wildman–Crippen LogP) is 6.36. The van der Waals surface area contributed by atoms with Gasteiger partial charge in [-0.25, -0.2) is 0 Å². The Morgan fingerprint density at radius 1 is 0.700 bits per heavy atom. The molecule has 3 aromatic carbocycles. The van der Waals surface area contributed by atoms with Crippen LogP contribution in [-0.4, -0.2) is 0 Å². The van der Waals surface area contributed by atoms with E-state index >= 15 is 0 Å². The monoisotopic (exact) mass is 262 g/mol. The normalized spacial score (nSPS) is 10.8. The van der Waals surface area contributed by atoms with Crippen molar-refractivity contribution in [3.05, 3.63) is 65.7 Å². The number of fused-ring (bicyclic) bond motifs is 3. The highest BCUT2D eigenvalue weighted by Gasteiger charge is 2.08. The summed E-state index contributed by atoms with van der Waals surface area (Å²) in [5.74, 6) is 0. The van der Waals surface area contributed by atoms with Crippen molar-refractivity contribution in [2.75, 3.05) is 0 Å². The lowest BCUT2D eigenvalue weighted by atomic mass is 9.92. The second-order valence-electron chi connectivity index (χ2n) is 4.63. The molecule has 0 aliphatic carbocycles. The topological polar surface area (TPSA) is 0 Å². The van der Waals surface area contributed by atoms with Gasteiger partial charge < -0.3 is 0 Å². The quantitative estimate of drug-likeness (QED) is 0.447. The summed E-state index contributed by atoms with van der Waals surface area (Å²) in [5, 5.41) is 5.38. The van der Waals surface area contributed by atoms with E-state index in [1.165, 1.54) is 32.7 Å². The highest BCUT2D eigenvalue weighted by atomic mass is 14.1. The fourth-order valence-corrected chi connectivity index (χ4v) is 2.73. The van der Waals surface area contributed by atoms with Crippen molar-refractivity contribution in [1.29, 1.82) is 0 Å². The van der Waals surface area contributed by atoms with E-state index in [-0.39, 0.29) is 0 Å². The predicted molar refractivity (Wildman–Crippen MR) is 92.2 cm³/mol. The molecule has 102 valence electrons. The molecule has 20 heavy (non-hydrogen) atoms. The van der Waals surface area contributed by atoms with E-state index in [9.17, 15) is 0 Å². The van der Waals surface area contributed by atoms with Crippen LogP contribution in [0.1, 0.15) is 31.9 Å². The standard InChI is InChI=1S/C18H16.C2H6/c1-3-8-14-13(2)15-9-4-5-11-17(15)18-12-7-6-10-16(14)18;1-2/h3-12H,1-2H3;1-2H3/b8-3-;. The Bertz CT molecular complexity index is 748. The number of hydrogen-bond acceptors (Lipinski definition) is 0. The number of allylic oxidation sites excluding steroid dienone is 1. The molecule has 0 N–H and O–H groups in total. The summed E-state index contributed by atoms with van der Waals surface area (Å²) in [5.41, 5.74) is 2.70. The number of rotatable bonds is 1. The van der Waals surface area contributed by atoms with Crippen LogP contribution in [-0.2, 0) is 0 Å². The lowest BCUT2D eigenvalue weighted by Crippen LogP contribution is -1.88. The second-order valence-corrected chi connectivity index (χ2v) is 4.63. The van der Waals surface area contributed by atoms with Crippen molar-refractivity contribution in [2.24, 2.45) is 0 Å². The molecule has 0 saturated carbocycles. The molecule has 0 fully saturated rings. The van der Waals surface area contributed by atoms with Gasteiger partial charge in [-0.2, -0.15) is 0 Å². The van der Waals surface area contributed by atoms with E-state index in [1.807, 2.05) is 13.8 Å². The molecule has 0 bridgehead atoms. The van der Waals surface area contributed by atoms with Gasteiger partial charge in [-0.15, -0.1) is 0 Å². The Kier molecular flexibility index (Phi) is 4.57. The maximum atomic E-state index is 2.21. The minimum atomic E-state index is 1.34. The van der Waals surface area contributed by atoms with Crippen LogP contribution in [0, 0.1) is 6.92 Å². The van der Waals surface area contributed by atoms with Gasteiger partial charge in [-0.1, -0.05) is 74.5 Å². The van der Waals surface area contributed by atoms with Crippen molar-refractivity contribution >= 4 is 27.6 Å². The van der Waals surface area contributed by atoms with Gasteiger partial charge in [0.15, 0.2) is 0 Å². The summed E-state index contributed by atoms with van der Waals surface area (Å²) in [6, 6.07) is 17.3. The number of benzene rings is 3. The minimum absolute atomic E-state index is 1.34. The van der Waals surface area contributed by atoms with Crippen LogP contribution < -0.4 is 0 Å². The highest BCUT2D eigenvalue weighted by molar-refractivity contribution is 6.12. The maximum absolute atomic E-state index is 2.21. The van der Waals surface area contributed by atoms with Gasteiger partial charge in [0.1, 0.15) is 0 Å². The molecule has 0 aliphatic heterocycles. The molecule has 0 heteroatoms. The molecule has 0 nitrogen and oxygen atoms in total. The number of aryl methyl sites for hydroxylation is 1. The first-order valence-corrected chi connectivity index (χ1v) is 7.35. The van der Waals surface area contributed by atoms with Gasteiger partial charge in [0.25, 0.3) is 0 Å². The Balaban J connectivity index is 0.000000704. The first-order chi connectivity index (χ1) is 9.83. The summed E-state index contributed by atoms with van der Waals surface area (Å²) in [7, 11) is 0. The third kappa shape index (κ3) is 2.34. The van der Waals surface area contributed by atoms with E-state index < -0.39 is 0 Å². The van der Waals surface area contributed by atoms with Crippen LogP contribution in [0.25, 0.3) is 27.6 Å². The minimum Gasteiger partial charge on any atom is -0.0870 e. The van der Waals surface area contributed by atoms with Crippen LogP contribution in [0.4, 0.5) is 0 Å². The fraction of sp³-hybridized carbons (Fsp3) is 0.200. The summed E-state index contributed by atoms with van der Waals surface area (Å²) >= 11 is 0. The van der Waals surface area contributed by atoms with Crippen LogP contribution in [0.2, 0.25) is 0 Å². The number of hydrogen-bond donors (Lipinski definition) is 0. The van der Waals surface area contributed by atoms with E-state index in [1.54, 1.807) is 0 Å². The fourth-order valence-electron chi connectivity index (χ4n) is 2.73. The van der Waals surface area contributed by atoms with Crippen molar-refractivity contribution in [1.82, 2.24) is 0 Å². The van der Waals surface area contributed by atoms with E-state index in [0.717, 1.165) is 0 Å². The van der Waals surface area contributed by atoms with Gasteiger partial charge >= 0.3 is 0 Å². The van der Waals surface area contributed by atoms with Crippen molar-refractivity contribution in [2.45, 2.75) is 27.7 Å². The van der Waals surface area contributed by atoms with Crippen LogP contribution in [0.3, 0.4) is 0 Å². The Morgan fingerprint density at radius 3 is 1.70 bits per heavy atom. The van der Waals surface area contributed by atoms with Gasteiger partial charge in [-0.05, 0) is 46.5 Å². The lowest BCUT2D eigenvalue weighted by Gasteiger charge is -2.12. The molecule has 3 aromatic rings. The van der Waals surface area contributed by atoms with E-state index in [4.69, 9.17) is 0 Å². The SMILES string of the molecule is C/C=C\c1c(C)c2ccccc2c2ccccc12.CC. The first-order valence-electron chi connectivity index (χ1n) is 7.35. The zero-order chi connectivity index (χ0) is 14.5. The van der Waals surface area contributed by atoms with Gasteiger partial charge in [-0.3, -0.25) is 0 Å². The van der Waals surface area contributed by atoms with Gasteiger partial charge in [0.05, 0.1) is 0 Å². The third-order valence-electron chi connectivity index (χ3n) is 3.58. The largest absolute Gasteiger partial charge is 0.0870 e. The molecule has 0 atom stereocenters. The van der Waals surface area contributed by atoms with Gasteiger partial charge in [0.2, 0.25) is 0 Å². The second kappa shape index (κ2) is 6.38. The summed E-state index contributed by atoms with van der Waals surface area (Å²) in [6.45, 7) is 8.29. The van der Waals surface area contributed by atoms with Crippen LogP contribution in [0.5, 0.6) is 0 Å². The maximum Gasteiger partial charge on any atom is -0.00992 e. The van der Waals surface area contributed by atoms with Crippen LogP contribution in [0.15, 0.2) is 54.6 Å². The molecule has 3 rings (SSSR count). The van der Waals surface area contributed by atoms with Crippen molar-refractivity contribution in [3.8, 4) is 0 Å². The molecule has 0 heterocycles. The molecule has 0 saturated heterocycles. The molecular weight excluding hydrogens is 240 g/mol. The average molecular weight is 262 g/mol. The smallest absolute Gasteiger partial charge is 0.00992 e. The Hall–Kier alpha value is -2.08.